The Morgan fingerprint density at radius 3 is 2.61 bits per heavy atom. The number of nitrogens with zero attached hydrogens (tertiary/aromatic N) is 1. The number of hydrogen-bond acceptors (Lipinski definition) is 5. The molecule has 0 radical (unpaired) electrons. The second-order valence-corrected chi connectivity index (χ2v) is 8.91. The van der Waals surface area contributed by atoms with Gasteiger partial charge in [-0.25, -0.2) is 4.79 Å². The summed E-state index contributed by atoms with van der Waals surface area (Å²) in [6.07, 6.45) is 4.44. The Morgan fingerprint density at radius 1 is 1.10 bits per heavy atom. The predicted molar refractivity (Wildman–Crippen MR) is 114 cm³/mol. The Morgan fingerprint density at radius 2 is 1.84 bits per heavy atom. The molecule has 2 aromatic carbocycles. The first-order chi connectivity index (χ1) is 15.0. The zero-order valence-corrected chi connectivity index (χ0v) is 17.4. The van der Waals surface area contributed by atoms with Crippen molar-refractivity contribution in [2.45, 2.75) is 44.1 Å². The summed E-state index contributed by atoms with van der Waals surface area (Å²) in [6, 6.07) is 9.25. The molecule has 1 unspecified atom stereocenters. The molecule has 2 aliphatic heterocycles. The van der Waals surface area contributed by atoms with Gasteiger partial charge in [-0.1, -0.05) is 12.8 Å². The van der Waals surface area contributed by atoms with Crippen LogP contribution in [0.15, 0.2) is 39.5 Å². The lowest BCUT2D eigenvalue weighted by Gasteiger charge is -2.46. The second kappa shape index (κ2) is 6.64. The minimum atomic E-state index is -0.517. The van der Waals surface area contributed by atoms with E-state index < -0.39 is 5.76 Å². The molecular weight excluding hydrogens is 396 g/mol. The Hall–Kier alpha value is -3.22. The lowest BCUT2D eigenvalue weighted by atomic mass is 9.71. The fourth-order valence-electron chi connectivity index (χ4n) is 5.60. The number of aromatic amines is 1. The van der Waals surface area contributed by atoms with E-state index >= 15 is 0 Å². The van der Waals surface area contributed by atoms with Gasteiger partial charge in [-0.15, -0.1) is 0 Å². The van der Waals surface area contributed by atoms with E-state index in [-0.39, 0.29) is 17.4 Å². The molecule has 0 bridgehead atoms. The van der Waals surface area contributed by atoms with Crippen LogP contribution in [0, 0.1) is 0 Å². The number of oxazole rings is 1. The van der Waals surface area contributed by atoms with Crippen LogP contribution in [0.5, 0.6) is 11.5 Å². The molecule has 3 aromatic rings. The quantitative estimate of drug-likeness (QED) is 0.645. The van der Waals surface area contributed by atoms with Crippen LogP contribution in [0.2, 0.25) is 0 Å². The number of ether oxygens (including phenoxy) is 2. The van der Waals surface area contributed by atoms with Crippen molar-refractivity contribution in [1.29, 1.82) is 0 Å². The molecule has 3 aliphatic rings. The van der Waals surface area contributed by atoms with E-state index in [0.717, 1.165) is 42.7 Å². The number of hydrogen-bond donors (Lipinski definition) is 1. The van der Waals surface area contributed by atoms with Gasteiger partial charge in [0.1, 0.15) is 13.2 Å². The Labute approximate surface area is 178 Å². The molecule has 1 N–H and O–H groups in total. The summed E-state index contributed by atoms with van der Waals surface area (Å²) in [6.45, 7) is 3.86. The van der Waals surface area contributed by atoms with Crippen LogP contribution < -0.4 is 15.2 Å². The third kappa shape index (κ3) is 2.79. The summed E-state index contributed by atoms with van der Waals surface area (Å²) < 4.78 is 16.8. The van der Waals surface area contributed by atoms with E-state index in [1.165, 1.54) is 5.56 Å². The van der Waals surface area contributed by atoms with Crippen molar-refractivity contribution in [3.8, 4) is 11.5 Å². The summed E-state index contributed by atoms with van der Waals surface area (Å²) in [4.78, 5) is 29.8. The first kappa shape index (κ1) is 18.5. The highest BCUT2D eigenvalue weighted by atomic mass is 16.6. The molecule has 7 heteroatoms. The van der Waals surface area contributed by atoms with E-state index in [1.807, 2.05) is 4.90 Å². The Bertz CT molecular complexity index is 1250. The summed E-state index contributed by atoms with van der Waals surface area (Å²) in [7, 11) is 0. The third-order valence-electron chi connectivity index (χ3n) is 7.16. The fraction of sp³-hybridized carbons (Fsp3) is 0.417. The van der Waals surface area contributed by atoms with Crippen LogP contribution in [0.1, 0.15) is 60.1 Å². The molecule has 31 heavy (non-hydrogen) atoms. The Balaban J connectivity index is 1.44. The number of carbonyl (C=O) groups excluding carboxylic acids is 1. The van der Waals surface area contributed by atoms with Gasteiger partial charge in [0.05, 0.1) is 11.6 Å². The van der Waals surface area contributed by atoms with Crippen LogP contribution in [-0.2, 0) is 5.41 Å². The van der Waals surface area contributed by atoms with Crippen LogP contribution in [-0.4, -0.2) is 35.5 Å². The molecule has 160 valence electrons. The van der Waals surface area contributed by atoms with Crippen LogP contribution in [0.25, 0.3) is 11.1 Å². The number of rotatable bonds is 1. The zero-order valence-electron chi connectivity index (χ0n) is 17.4. The molecule has 1 atom stereocenters. The molecule has 1 amide bonds. The maximum absolute atomic E-state index is 13.6. The van der Waals surface area contributed by atoms with Crippen LogP contribution >= 0.6 is 0 Å². The van der Waals surface area contributed by atoms with E-state index in [1.54, 1.807) is 18.2 Å². The molecule has 1 spiro atoms. The zero-order chi connectivity index (χ0) is 21.2. The first-order valence-electron chi connectivity index (χ1n) is 10.9. The number of aromatic nitrogens is 1. The van der Waals surface area contributed by atoms with Crippen molar-refractivity contribution >= 4 is 17.0 Å². The predicted octanol–water partition coefficient (Wildman–Crippen LogP) is 3.92. The smallest absolute Gasteiger partial charge is 0.417 e. The van der Waals surface area contributed by atoms with Crippen LogP contribution in [0.4, 0.5) is 0 Å². The van der Waals surface area contributed by atoms with Gasteiger partial charge in [0.25, 0.3) is 5.91 Å². The SMILES string of the molecule is CC1c2cc3c(cc2C2(CCCC2)CN1C(=O)c1ccc2oc(=O)[nH]c2c1)OCCO3. The van der Waals surface area contributed by atoms with Gasteiger partial charge in [0.2, 0.25) is 0 Å². The van der Waals surface area contributed by atoms with E-state index in [2.05, 4.69) is 24.0 Å². The summed E-state index contributed by atoms with van der Waals surface area (Å²) in [5.41, 5.74) is 3.93. The normalized spacial score (nSPS) is 21.5. The summed E-state index contributed by atoms with van der Waals surface area (Å²) in [5.74, 6) is 1.02. The van der Waals surface area contributed by atoms with Gasteiger partial charge in [-0.05, 0) is 61.2 Å². The molecule has 1 fully saturated rings. The van der Waals surface area contributed by atoms with Gasteiger partial charge in [0.15, 0.2) is 17.1 Å². The van der Waals surface area contributed by atoms with Crippen LogP contribution in [0.3, 0.4) is 0 Å². The highest BCUT2D eigenvalue weighted by molar-refractivity contribution is 5.97. The van der Waals surface area contributed by atoms with Gasteiger partial charge in [-0.2, -0.15) is 0 Å². The lowest BCUT2D eigenvalue weighted by molar-refractivity contribution is 0.0593. The topological polar surface area (TPSA) is 84.8 Å². The highest BCUT2D eigenvalue weighted by Crippen LogP contribution is 2.52. The minimum absolute atomic E-state index is 0.0386. The minimum Gasteiger partial charge on any atom is -0.486 e. The number of fused-ring (bicyclic) bond motifs is 4. The first-order valence-corrected chi connectivity index (χ1v) is 10.9. The molecule has 6 rings (SSSR count). The average Bonchev–Trinajstić information content (AvgIpc) is 3.40. The molecule has 1 aliphatic carbocycles. The fourth-order valence-corrected chi connectivity index (χ4v) is 5.60. The number of carbonyl (C=O) groups is 1. The maximum atomic E-state index is 13.6. The standard InChI is InChI=1S/C24H24N2O5/c1-14-16-11-20-21(30-9-8-29-20)12-17(16)24(6-2-3-7-24)13-26(14)22(27)15-4-5-19-18(10-15)25-23(28)31-19/h4-5,10-12,14H,2-3,6-9,13H2,1H3,(H,25,28). The average molecular weight is 420 g/mol. The molecule has 3 heterocycles. The van der Waals surface area contributed by atoms with Gasteiger partial charge < -0.3 is 18.8 Å². The van der Waals surface area contributed by atoms with Crippen molar-refractivity contribution in [3.05, 3.63) is 57.6 Å². The number of nitrogens with one attached hydrogen (secondary N) is 1. The van der Waals surface area contributed by atoms with Gasteiger partial charge in [0, 0.05) is 17.5 Å². The molecule has 0 saturated heterocycles. The largest absolute Gasteiger partial charge is 0.486 e. The Kier molecular flexibility index (Phi) is 3.97. The number of benzene rings is 2. The van der Waals surface area contributed by atoms with Crippen molar-refractivity contribution < 1.29 is 18.7 Å². The molecule has 1 aromatic heterocycles. The molecular formula is C24H24N2O5. The molecule has 7 nitrogen and oxygen atoms in total. The van der Waals surface area contributed by atoms with E-state index in [9.17, 15) is 9.59 Å². The van der Waals surface area contributed by atoms with Gasteiger partial charge in [-0.3, -0.25) is 9.78 Å². The van der Waals surface area contributed by atoms with Crippen molar-refractivity contribution in [2.24, 2.45) is 0 Å². The third-order valence-corrected chi connectivity index (χ3v) is 7.16. The monoisotopic (exact) mass is 420 g/mol. The second-order valence-electron chi connectivity index (χ2n) is 8.91. The number of H-pyrrole nitrogens is 1. The summed E-state index contributed by atoms with van der Waals surface area (Å²) in [5, 5.41) is 0. The van der Waals surface area contributed by atoms with Crippen molar-refractivity contribution in [3.63, 3.8) is 0 Å². The lowest BCUT2D eigenvalue weighted by Crippen LogP contribution is -2.48. The van der Waals surface area contributed by atoms with Gasteiger partial charge >= 0.3 is 5.76 Å². The van der Waals surface area contributed by atoms with E-state index in [4.69, 9.17) is 13.9 Å². The van der Waals surface area contributed by atoms with Crippen molar-refractivity contribution in [2.75, 3.05) is 19.8 Å². The van der Waals surface area contributed by atoms with Crippen molar-refractivity contribution in [1.82, 2.24) is 9.88 Å². The highest BCUT2D eigenvalue weighted by Gasteiger charge is 2.46. The maximum Gasteiger partial charge on any atom is 0.417 e. The molecule has 1 saturated carbocycles. The number of amides is 1. The van der Waals surface area contributed by atoms with E-state index in [0.29, 0.717) is 36.4 Å². The summed E-state index contributed by atoms with van der Waals surface area (Å²) >= 11 is 0.